The van der Waals surface area contributed by atoms with Gasteiger partial charge in [-0.15, -0.1) is 0 Å². The smallest absolute Gasteiger partial charge is 0.323 e. The average molecular weight is 346 g/mol. The van der Waals surface area contributed by atoms with Crippen LogP contribution >= 0.6 is 0 Å². The number of carboxylic acid groups (broad SMARTS) is 1. The lowest BCUT2D eigenvalue weighted by Crippen LogP contribution is -2.45. The molecule has 0 amide bonds. The second-order valence-electron chi connectivity index (χ2n) is 7.87. The van der Waals surface area contributed by atoms with Crippen LogP contribution in [0.5, 0.6) is 0 Å². The summed E-state index contributed by atoms with van der Waals surface area (Å²) in [4.78, 5) is 11.3. The third-order valence-electron chi connectivity index (χ3n) is 5.72. The Labute approximate surface area is 153 Å². The number of hydrogen-bond donors (Lipinski definition) is 2. The average Bonchev–Trinajstić information content (AvgIpc) is 3.01. The summed E-state index contributed by atoms with van der Waals surface area (Å²) in [6.07, 6.45) is 13.9. The van der Waals surface area contributed by atoms with E-state index in [4.69, 9.17) is 5.73 Å². The van der Waals surface area contributed by atoms with Crippen molar-refractivity contribution in [3.63, 3.8) is 0 Å². The van der Waals surface area contributed by atoms with Gasteiger partial charge in [0.2, 0.25) is 0 Å². The van der Waals surface area contributed by atoms with Crippen LogP contribution in [-0.4, -0.2) is 16.6 Å². The second-order valence-corrected chi connectivity index (χ2v) is 7.87. The van der Waals surface area contributed by atoms with Crippen molar-refractivity contribution in [1.82, 2.24) is 0 Å². The van der Waals surface area contributed by atoms with Gasteiger partial charge in [-0.1, -0.05) is 76.1 Å². The number of aryl methyl sites for hydroxylation is 1. The van der Waals surface area contributed by atoms with Crippen molar-refractivity contribution in [2.24, 2.45) is 5.73 Å². The van der Waals surface area contributed by atoms with Crippen LogP contribution in [0.3, 0.4) is 0 Å². The molecule has 1 aliphatic carbocycles. The molecule has 1 fully saturated rings. The van der Waals surface area contributed by atoms with Crippen LogP contribution in [0.1, 0.15) is 94.6 Å². The van der Waals surface area contributed by atoms with Gasteiger partial charge in [0.15, 0.2) is 0 Å². The Morgan fingerprint density at radius 2 is 1.84 bits per heavy atom. The maximum Gasteiger partial charge on any atom is 0.323 e. The van der Waals surface area contributed by atoms with Crippen LogP contribution in [0.4, 0.5) is 0 Å². The quantitative estimate of drug-likeness (QED) is 0.526. The normalized spacial score (nSPS) is 23.0. The van der Waals surface area contributed by atoms with Gasteiger partial charge in [-0.05, 0) is 49.1 Å². The first-order chi connectivity index (χ1) is 12.0. The zero-order chi connectivity index (χ0) is 18.1. The molecule has 1 aromatic carbocycles. The van der Waals surface area contributed by atoms with Gasteiger partial charge in [0.05, 0.1) is 0 Å². The summed E-state index contributed by atoms with van der Waals surface area (Å²) < 4.78 is 0. The van der Waals surface area contributed by atoms with E-state index < -0.39 is 11.5 Å². The zero-order valence-electron chi connectivity index (χ0n) is 15.8. The van der Waals surface area contributed by atoms with E-state index in [0.29, 0.717) is 18.8 Å². The van der Waals surface area contributed by atoms with Crippen molar-refractivity contribution in [2.75, 3.05) is 0 Å². The highest BCUT2D eigenvalue weighted by Gasteiger charge is 2.42. The van der Waals surface area contributed by atoms with Gasteiger partial charge in [-0.2, -0.15) is 0 Å². The fraction of sp³-hybridized carbons (Fsp3) is 0.682. The first kappa shape index (κ1) is 20.0. The number of benzene rings is 1. The molecular formula is C22H35NO2. The highest BCUT2D eigenvalue weighted by molar-refractivity contribution is 5.79. The Hall–Kier alpha value is -1.35. The predicted molar refractivity (Wildman–Crippen MR) is 104 cm³/mol. The molecule has 0 aromatic heterocycles. The molecule has 0 saturated heterocycles. The highest BCUT2D eigenvalue weighted by atomic mass is 16.4. The number of unbranched alkanes of at least 4 members (excludes halogenated alkanes) is 7. The van der Waals surface area contributed by atoms with Crippen LogP contribution in [0.25, 0.3) is 0 Å². The third kappa shape index (κ3) is 6.14. The van der Waals surface area contributed by atoms with Crippen molar-refractivity contribution in [3.8, 4) is 0 Å². The number of aliphatic carboxylic acids is 1. The summed E-state index contributed by atoms with van der Waals surface area (Å²) >= 11 is 0. The molecule has 0 radical (unpaired) electrons. The van der Waals surface area contributed by atoms with E-state index in [0.717, 1.165) is 12.8 Å². The number of carboxylic acids is 1. The predicted octanol–water partition coefficient (Wildman–Crippen LogP) is 5.42. The Bertz CT molecular complexity index is 543. The Morgan fingerprint density at radius 1 is 1.16 bits per heavy atom. The second kappa shape index (κ2) is 9.96. The highest BCUT2D eigenvalue weighted by Crippen LogP contribution is 2.40. The summed E-state index contributed by atoms with van der Waals surface area (Å²) in [5, 5.41) is 9.30. The molecular weight excluding hydrogens is 310 g/mol. The summed E-state index contributed by atoms with van der Waals surface area (Å²) in [6, 6.07) is 8.73. The van der Waals surface area contributed by atoms with Gasteiger partial charge in [0.25, 0.3) is 0 Å². The van der Waals surface area contributed by atoms with Gasteiger partial charge >= 0.3 is 5.97 Å². The molecule has 1 aromatic rings. The SMILES string of the molecule is CCCCCCCCCCc1cccc(C2CCC(N)(C(=O)O)C2)c1. The summed E-state index contributed by atoms with van der Waals surface area (Å²) in [6.45, 7) is 2.26. The zero-order valence-corrected chi connectivity index (χ0v) is 15.8. The lowest BCUT2D eigenvalue weighted by molar-refractivity contribution is -0.143. The number of hydrogen-bond acceptors (Lipinski definition) is 2. The standard InChI is InChI=1S/C22H35NO2/c1-2-3-4-5-6-7-8-9-11-18-12-10-13-19(16-18)20-14-15-22(23,17-20)21(24)25/h10,12-13,16,20H,2-9,11,14-15,17,23H2,1H3,(H,24,25). The molecule has 1 aliphatic rings. The van der Waals surface area contributed by atoms with Crippen LogP contribution in [0, 0.1) is 0 Å². The van der Waals surface area contributed by atoms with Crippen LogP contribution in [-0.2, 0) is 11.2 Å². The summed E-state index contributed by atoms with van der Waals surface area (Å²) in [5.41, 5.74) is 7.65. The van der Waals surface area contributed by atoms with Crippen molar-refractivity contribution < 1.29 is 9.90 Å². The first-order valence-electron chi connectivity index (χ1n) is 10.2. The van der Waals surface area contributed by atoms with E-state index in [1.54, 1.807) is 0 Å². The van der Waals surface area contributed by atoms with E-state index in [9.17, 15) is 9.90 Å². The van der Waals surface area contributed by atoms with Gasteiger partial charge in [-0.3, -0.25) is 4.79 Å². The van der Waals surface area contributed by atoms with Crippen molar-refractivity contribution >= 4 is 5.97 Å². The minimum atomic E-state index is -1.03. The lowest BCUT2D eigenvalue weighted by atomic mass is 9.91. The largest absolute Gasteiger partial charge is 0.480 e. The van der Waals surface area contributed by atoms with Crippen molar-refractivity contribution in [3.05, 3.63) is 35.4 Å². The summed E-state index contributed by atoms with van der Waals surface area (Å²) in [5.74, 6) is -0.565. The molecule has 3 nitrogen and oxygen atoms in total. The molecule has 2 unspecified atom stereocenters. The van der Waals surface area contributed by atoms with Gasteiger partial charge in [0, 0.05) is 0 Å². The number of rotatable bonds is 11. The molecule has 0 heterocycles. The van der Waals surface area contributed by atoms with Gasteiger partial charge in [0.1, 0.15) is 5.54 Å². The van der Waals surface area contributed by atoms with E-state index in [2.05, 4.69) is 31.2 Å². The Kier molecular flexibility index (Phi) is 7.95. The fourth-order valence-electron chi connectivity index (χ4n) is 4.02. The molecule has 0 aliphatic heterocycles. The van der Waals surface area contributed by atoms with E-state index in [-0.39, 0.29) is 0 Å². The van der Waals surface area contributed by atoms with Crippen LogP contribution in [0.15, 0.2) is 24.3 Å². The number of nitrogens with two attached hydrogens (primary N) is 1. The molecule has 2 atom stereocenters. The van der Waals surface area contributed by atoms with Crippen LogP contribution < -0.4 is 5.73 Å². The molecule has 0 spiro atoms. The van der Waals surface area contributed by atoms with Gasteiger partial charge < -0.3 is 10.8 Å². The molecule has 25 heavy (non-hydrogen) atoms. The first-order valence-corrected chi connectivity index (χ1v) is 10.2. The Balaban J connectivity index is 1.73. The molecule has 0 bridgehead atoms. The maximum atomic E-state index is 11.3. The lowest BCUT2D eigenvalue weighted by Gasteiger charge is -2.18. The number of carbonyl (C=O) groups is 1. The minimum Gasteiger partial charge on any atom is -0.480 e. The topological polar surface area (TPSA) is 63.3 Å². The van der Waals surface area contributed by atoms with E-state index in [1.807, 2.05) is 0 Å². The molecule has 3 heteroatoms. The third-order valence-corrected chi connectivity index (χ3v) is 5.72. The fourth-order valence-corrected chi connectivity index (χ4v) is 4.02. The van der Waals surface area contributed by atoms with Gasteiger partial charge in [-0.25, -0.2) is 0 Å². The van der Waals surface area contributed by atoms with Crippen molar-refractivity contribution in [1.29, 1.82) is 0 Å². The molecule has 2 rings (SSSR count). The monoisotopic (exact) mass is 345 g/mol. The van der Waals surface area contributed by atoms with Crippen LogP contribution in [0.2, 0.25) is 0 Å². The molecule has 140 valence electrons. The minimum absolute atomic E-state index is 0.291. The summed E-state index contributed by atoms with van der Waals surface area (Å²) in [7, 11) is 0. The van der Waals surface area contributed by atoms with E-state index in [1.165, 1.54) is 62.5 Å². The van der Waals surface area contributed by atoms with Crippen molar-refractivity contribution in [2.45, 2.75) is 95.4 Å². The molecule has 1 saturated carbocycles. The van der Waals surface area contributed by atoms with E-state index >= 15 is 0 Å². The Morgan fingerprint density at radius 3 is 2.48 bits per heavy atom. The maximum absolute atomic E-state index is 11.3. The molecule has 3 N–H and O–H groups in total.